The molecule has 2 nitrogen and oxygen atoms in total. The average molecular weight is 289 g/mol. The van der Waals surface area contributed by atoms with E-state index in [2.05, 4.69) is 43.6 Å². The molecular weight excluding hydrogens is 266 g/mol. The summed E-state index contributed by atoms with van der Waals surface area (Å²) < 4.78 is 0. The van der Waals surface area contributed by atoms with Crippen LogP contribution in [0.3, 0.4) is 0 Å². The second kappa shape index (κ2) is 6.42. The van der Waals surface area contributed by atoms with Crippen molar-refractivity contribution in [3.05, 3.63) is 52.2 Å². The van der Waals surface area contributed by atoms with Crippen LogP contribution in [0.25, 0.3) is 0 Å². The van der Waals surface area contributed by atoms with Crippen LogP contribution in [-0.2, 0) is 5.41 Å². The SMILES string of the molecule is CCC(NCC(C)(C)c1cccs1)c1ccccc1O. The van der Waals surface area contributed by atoms with E-state index in [0.717, 1.165) is 18.5 Å². The predicted octanol–water partition coefficient (Wildman–Crippen LogP) is 4.47. The van der Waals surface area contributed by atoms with Gasteiger partial charge in [-0.2, -0.15) is 0 Å². The molecule has 0 radical (unpaired) electrons. The van der Waals surface area contributed by atoms with Gasteiger partial charge >= 0.3 is 0 Å². The van der Waals surface area contributed by atoms with Gasteiger partial charge in [0.2, 0.25) is 0 Å². The summed E-state index contributed by atoms with van der Waals surface area (Å²) in [6, 6.07) is 12.1. The molecule has 1 heterocycles. The number of nitrogens with one attached hydrogen (secondary N) is 1. The van der Waals surface area contributed by atoms with Crippen molar-refractivity contribution >= 4 is 11.3 Å². The van der Waals surface area contributed by atoms with Crippen LogP contribution >= 0.6 is 11.3 Å². The van der Waals surface area contributed by atoms with Crippen molar-refractivity contribution < 1.29 is 5.11 Å². The first kappa shape index (κ1) is 15.1. The summed E-state index contributed by atoms with van der Waals surface area (Å²) in [7, 11) is 0. The van der Waals surface area contributed by atoms with Gasteiger partial charge in [-0.15, -0.1) is 11.3 Å². The molecule has 1 aromatic heterocycles. The molecule has 20 heavy (non-hydrogen) atoms. The molecular formula is C17H23NOS. The average Bonchev–Trinajstić information content (AvgIpc) is 2.96. The summed E-state index contributed by atoms with van der Waals surface area (Å²) >= 11 is 1.80. The summed E-state index contributed by atoms with van der Waals surface area (Å²) in [6.45, 7) is 7.54. The fourth-order valence-electron chi connectivity index (χ4n) is 2.39. The van der Waals surface area contributed by atoms with Crippen LogP contribution in [0.4, 0.5) is 0 Å². The molecule has 0 amide bonds. The third-order valence-corrected chi connectivity index (χ3v) is 4.93. The Morgan fingerprint density at radius 1 is 1.20 bits per heavy atom. The molecule has 2 N–H and O–H groups in total. The van der Waals surface area contributed by atoms with Gasteiger partial charge in [-0.3, -0.25) is 0 Å². The van der Waals surface area contributed by atoms with E-state index in [1.807, 2.05) is 18.2 Å². The molecule has 1 atom stereocenters. The lowest BCUT2D eigenvalue weighted by molar-refractivity contribution is 0.403. The highest BCUT2D eigenvalue weighted by Crippen LogP contribution is 2.30. The second-order valence-electron chi connectivity index (χ2n) is 5.76. The van der Waals surface area contributed by atoms with Crippen LogP contribution in [0.5, 0.6) is 5.75 Å². The molecule has 1 unspecified atom stereocenters. The summed E-state index contributed by atoms with van der Waals surface area (Å²) in [5, 5.41) is 15.7. The number of aromatic hydroxyl groups is 1. The fourth-order valence-corrected chi connectivity index (χ4v) is 3.24. The molecule has 0 aliphatic rings. The molecule has 0 bridgehead atoms. The zero-order chi connectivity index (χ0) is 14.6. The Morgan fingerprint density at radius 3 is 2.55 bits per heavy atom. The van der Waals surface area contributed by atoms with E-state index in [1.165, 1.54) is 4.88 Å². The van der Waals surface area contributed by atoms with Gasteiger partial charge in [-0.25, -0.2) is 0 Å². The highest BCUT2D eigenvalue weighted by molar-refractivity contribution is 7.10. The largest absolute Gasteiger partial charge is 0.508 e. The van der Waals surface area contributed by atoms with Gasteiger partial charge in [0.05, 0.1) is 0 Å². The van der Waals surface area contributed by atoms with Crippen molar-refractivity contribution in [2.45, 2.75) is 38.6 Å². The number of benzene rings is 1. The molecule has 0 fully saturated rings. The molecule has 0 aliphatic carbocycles. The number of phenols is 1. The summed E-state index contributed by atoms with van der Waals surface area (Å²) in [5.74, 6) is 0.376. The third-order valence-electron chi connectivity index (χ3n) is 3.70. The van der Waals surface area contributed by atoms with E-state index in [1.54, 1.807) is 17.4 Å². The molecule has 0 saturated carbocycles. The lowest BCUT2D eigenvalue weighted by Crippen LogP contribution is -2.34. The maximum atomic E-state index is 9.99. The van der Waals surface area contributed by atoms with Gasteiger partial charge in [-0.05, 0) is 23.9 Å². The first-order valence-corrected chi connectivity index (χ1v) is 7.98. The van der Waals surface area contributed by atoms with E-state index in [4.69, 9.17) is 0 Å². The topological polar surface area (TPSA) is 32.3 Å². The summed E-state index contributed by atoms with van der Waals surface area (Å²) in [4.78, 5) is 1.39. The number of thiophene rings is 1. The van der Waals surface area contributed by atoms with Crippen LogP contribution < -0.4 is 5.32 Å². The van der Waals surface area contributed by atoms with Crippen LogP contribution in [0.15, 0.2) is 41.8 Å². The van der Waals surface area contributed by atoms with Crippen LogP contribution in [-0.4, -0.2) is 11.7 Å². The Kier molecular flexibility index (Phi) is 4.84. The number of para-hydroxylation sites is 1. The van der Waals surface area contributed by atoms with Gasteiger partial charge in [0.1, 0.15) is 5.75 Å². The monoisotopic (exact) mass is 289 g/mol. The molecule has 3 heteroatoms. The van der Waals surface area contributed by atoms with E-state index < -0.39 is 0 Å². The molecule has 1 aromatic carbocycles. The van der Waals surface area contributed by atoms with Crippen LogP contribution in [0.2, 0.25) is 0 Å². The molecule has 0 spiro atoms. The maximum Gasteiger partial charge on any atom is 0.120 e. The Hall–Kier alpha value is -1.32. The van der Waals surface area contributed by atoms with E-state index in [9.17, 15) is 5.11 Å². The summed E-state index contributed by atoms with van der Waals surface area (Å²) in [5.41, 5.74) is 1.09. The van der Waals surface area contributed by atoms with E-state index in [0.29, 0.717) is 5.75 Å². The Morgan fingerprint density at radius 2 is 1.95 bits per heavy atom. The van der Waals surface area contributed by atoms with Crippen molar-refractivity contribution in [1.82, 2.24) is 5.32 Å². The minimum absolute atomic E-state index is 0.103. The quantitative estimate of drug-likeness (QED) is 0.822. The standard InChI is InChI=1S/C17H23NOS/c1-4-14(13-8-5-6-9-15(13)19)18-12-17(2,3)16-10-7-11-20-16/h5-11,14,18-19H,4,12H2,1-3H3. The number of hydrogen-bond donors (Lipinski definition) is 2. The Labute approximate surface area is 125 Å². The smallest absolute Gasteiger partial charge is 0.120 e. The molecule has 0 saturated heterocycles. The van der Waals surface area contributed by atoms with Crippen molar-refractivity contribution in [2.75, 3.05) is 6.54 Å². The van der Waals surface area contributed by atoms with E-state index in [-0.39, 0.29) is 11.5 Å². The normalized spacial score (nSPS) is 13.3. The summed E-state index contributed by atoms with van der Waals surface area (Å²) in [6.07, 6.45) is 0.956. The zero-order valence-electron chi connectivity index (χ0n) is 12.4. The molecule has 2 rings (SSSR count). The van der Waals surface area contributed by atoms with Gasteiger partial charge in [0.25, 0.3) is 0 Å². The fraction of sp³-hybridized carbons (Fsp3) is 0.412. The lowest BCUT2D eigenvalue weighted by atomic mass is 9.90. The zero-order valence-corrected chi connectivity index (χ0v) is 13.2. The van der Waals surface area contributed by atoms with Gasteiger partial charge in [-0.1, -0.05) is 45.0 Å². The van der Waals surface area contributed by atoms with Gasteiger partial charge in [0, 0.05) is 28.4 Å². The molecule has 0 aliphatic heterocycles. The third kappa shape index (κ3) is 3.41. The number of phenolic OH excluding ortho intramolecular Hbond substituents is 1. The maximum absolute atomic E-state index is 9.99. The number of hydrogen-bond acceptors (Lipinski definition) is 3. The van der Waals surface area contributed by atoms with Gasteiger partial charge in [0.15, 0.2) is 0 Å². The predicted molar refractivity (Wildman–Crippen MR) is 86.5 cm³/mol. The lowest BCUT2D eigenvalue weighted by Gasteiger charge is -2.27. The van der Waals surface area contributed by atoms with Gasteiger partial charge < -0.3 is 10.4 Å². The van der Waals surface area contributed by atoms with Crippen LogP contribution in [0.1, 0.15) is 43.7 Å². The molecule has 2 aromatic rings. The first-order valence-electron chi connectivity index (χ1n) is 7.10. The van der Waals surface area contributed by atoms with Crippen LogP contribution in [0, 0.1) is 0 Å². The molecule has 108 valence electrons. The minimum atomic E-state index is 0.103. The Balaban J connectivity index is 2.07. The highest BCUT2D eigenvalue weighted by atomic mass is 32.1. The first-order chi connectivity index (χ1) is 9.54. The van der Waals surface area contributed by atoms with E-state index >= 15 is 0 Å². The number of rotatable bonds is 6. The van der Waals surface area contributed by atoms with Crippen molar-refractivity contribution in [2.24, 2.45) is 0 Å². The van der Waals surface area contributed by atoms with Crippen molar-refractivity contribution in [3.63, 3.8) is 0 Å². The highest BCUT2D eigenvalue weighted by Gasteiger charge is 2.23. The minimum Gasteiger partial charge on any atom is -0.508 e. The Bertz CT molecular complexity index is 534. The van der Waals surface area contributed by atoms with Crippen molar-refractivity contribution in [1.29, 1.82) is 0 Å². The van der Waals surface area contributed by atoms with Crippen molar-refractivity contribution in [3.8, 4) is 5.75 Å². The second-order valence-corrected chi connectivity index (χ2v) is 6.71.